The number of hydrogen-bond donors (Lipinski definition) is 5. The van der Waals surface area contributed by atoms with Gasteiger partial charge in [0, 0.05) is 6.07 Å². The van der Waals surface area contributed by atoms with Gasteiger partial charge in [0.2, 0.25) is 5.43 Å². The molecule has 1 fully saturated rings. The molecule has 0 spiro atoms. The number of nitrogens with zero attached hydrogens (tertiary/aromatic N) is 4. The molecule has 0 radical (unpaired) electrons. The zero-order valence-electron chi connectivity index (χ0n) is 17.3. The standard InChI is InChI=1S/C16H17ClN6O9S2/c1-16(2)11(14(27)23(16)34(29,30)31)20-13(26)10(9-12(17)33-15(18)19-9)21-32-5-6-3-7(24)8(25)4-22(6)28/h3-4,11,25,28H,5H2,1-2H3,(H2,18,19)(H,20,26)(H,29,30,31)/b21-10-/t11-/m1/s1. The maximum atomic E-state index is 12.9. The van der Waals surface area contributed by atoms with Crippen molar-refractivity contribution in [2.75, 3.05) is 5.73 Å². The monoisotopic (exact) mass is 536 g/mol. The maximum absolute atomic E-state index is 12.9. The van der Waals surface area contributed by atoms with Crippen molar-refractivity contribution in [2.24, 2.45) is 5.16 Å². The summed E-state index contributed by atoms with van der Waals surface area (Å²) in [5, 5.41) is 24.9. The minimum atomic E-state index is -4.86. The Kier molecular flexibility index (Phi) is 6.49. The van der Waals surface area contributed by atoms with E-state index in [0.717, 1.165) is 23.6 Å². The van der Waals surface area contributed by atoms with Gasteiger partial charge in [-0.1, -0.05) is 28.1 Å². The summed E-state index contributed by atoms with van der Waals surface area (Å²) < 4.78 is 32.6. The van der Waals surface area contributed by atoms with Gasteiger partial charge in [-0.15, -0.1) is 0 Å². The van der Waals surface area contributed by atoms with Crippen LogP contribution in [0, 0.1) is 0 Å². The highest BCUT2D eigenvalue weighted by Gasteiger charge is 2.60. The number of rotatable bonds is 7. The van der Waals surface area contributed by atoms with Crippen molar-refractivity contribution < 1.29 is 37.7 Å². The predicted octanol–water partition coefficient (Wildman–Crippen LogP) is -0.687. The number of nitrogen functional groups attached to an aromatic ring is 1. The second-order valence-corrected chi connectivity index (χ2v) is 10.3. The van der Waals surface area contributed by atoms with E-state index >= 15 is 0 Å². The van der Waals surface area contributed by atoms with Crippen LogP contribution in [-0.2, 0) is 31.3 Å². The molecular formula is C16H17ClN6O9S2. The largest absolute Gasteiger partial charge is 0.503 e. The van der Waals surface area contributed by atoms with Crippen LogP contribution in [0.3, 0.4) is 0 Å². The zero-order chi connectivity index (χ0) is 25.6. The summed E-state index contributed by atoms with van der Waals surface area (Å²) in [6.07, 6.45) is 0.724. The second kappa shape index (κ2) is 8.75. The zero-order valence-corrected chi connectivity index (χ0v) is 19.7. The number of amides is 2. The third-order valence-electron chi connectivity index (χ3n) is 4.68. The fourth-order valence-electron chi connectivity index (χ4n) is 3.08. The lowest BCUT2D eigenvalue weighted by atomic mass is 9.85. The maximum Gasteiger partial charge on any atom is 0.362 e. The van der Waals surface area contributed by atoms with Gasteiger partial charge < -0.3 is 26.2 Å². The van der Waals surface area contributed by atoms with Crippen molar-refractivity contribution in [2.45, 2.75) is 32.0 Å². The molecule has 184 valence electrons. The van der Waals surface area contributed by atoms with E-state index in [-0.39, 0.29) is 25.2 Å². The summed E-state index contributed by atoms with van der Waals surface area (Å²) >= 11 is 6.86. The van der Waals surface area contributed by atoms with E-state index in [1.165, 1.54) is 13.8 Å². The van der Waals surface area contributed by atoms with Gasteiger partial charge in [-0.2, -0.15) is 13.1 Å². The van der Waals surface area contributed by atoms with Crippen LogP contribution in [0.15, 0.2) is 22.2 Å². The van der Waals surface area contributed by atoms with E-state index in [1.54, 1.807) is 0 Å². The van der Waals surface area contributed by atoms with Gasteiger partial charge >= 0.3 is 10.3 Å². The fraction of sp³-hybridized carbons (Fsp3) is 0.312. The topological polar surface area (TPSA) is 227 Å². The fourth-order valence-corrected chi connectivity index (χ4v) is 5.04. The Morgan fingerprint density at radius 1 is 1.44 bits per heavy atom. The highest BCUT2D eigenvalue weighted by Crippen LogP contribution is 2.34. The predicted molar refractivity (Wildman–Crippen MR) is 117 cm³/mol. The van der Waals surface area contributed by atoms with Gasteiger partial charge in [0.15, 0.2) is 23.2 Å². The summed E-state index contributed by atoms with van der Waals surface area (Å²) in [4.78, 5) is 45.7. The van der Waals surface area contributed by atoms with E-state index in [1.807, 2.05) is 0 Å². The summed E-state index contributed by atoms with van der Waals surface area (Å²) in [6.45, 7) is 2.03. The molecular weight excluding hydrogens is 520 g/mol. The van der Waals surface area contributed by atoms with Crippen molar-refractivity contribution in [3.63, 3.8) is 0 Å². The Morgan fingerprint density at radius 3 is 2.62 bits per heavy atom. The molecule has 1 aliphatic rings. The van der Waals surface area contributed by atoms with Gasteiger partial charge in [0.25, 0.3) is 11.8 Å². The SMILES string of the molecule is CC1(C)[C@H](NC(=O)/C(=N\OCc2cc(=O)c(O)cn2O)c2nc(N)sc2Cl)C(=O)N1S(=O)(=O)O. The van der Waals surface area contributed by atoms with Crippen LogP contribution in [0.25, 0.3) is 0 Å². The Balaban J connectivity index is 1.88. The molecule has 15 nitrogen and oxygen atoms in total. The average molecular weight is 537 g/mol. The van der Waals surface area contributed by atoms with Gasteiger partial charge in [-0.3, -0.25) is 18.9 Å². The number of anilines is 1. The van der Waals surface area contributed by atoms with Crippen molar-refractivity contribution in [3.8, 4) is 5.75 Å². The number of aromatic hydroxyl groups is 1. The number of halogens is 1. The van der Waals surface area contributed by atoms with E-state index in [0.29, 0.717) is 4.73 Å². The Labute approximate surface area is 199 Å². The Morgan fingerprint density at radius 2 is 2.09 bits per heavy atom. The van der Waals surface area contributed by atoms with Crippen LogP contribution < -0.4 is 16.5 Å². The first-order chi connectivity index (χ1) is 15.6. The van der Waals surface area contributed by atoms with Crippen molar-refractivity contribution in [1.82, 2.24) is 19.3 Å². The molecule has 2 amide bonds. The Hall–Kier alpha value is -3.41. The number of carbonyl (C=O) groups excluding carboxylic acids is 2. The lowest BCUT2D eigenvalue weighted by molar-refractivity contribution is -0.151. The molecule has 1 atom stereocenters. The third kappa shape index (κ3) is 4.63. The van der Waals surface area contributed by atoms with Crippen LogP contribution in [0.1, 0.15) is 25.2 Å². The molecule has 3 rings (SSSR count). The quantitative estimate of drug-likeness (QED) is 0.0977. The lowest BCUT2D eigenvalue weighted by Crippen LogP contribution is -2.77. The molecule has 0 bridgehead atoms. The van der Waals surface area contributed by atoms with Crippen molar-refractivity contribution in [3.05, 3.63) is 38.2 Å². The van der Waals surface area contributed by atoms with Gasteiger partial charge in [0.05, 0.1) is 11.7 Å². The summed E-state index contributed by atoms with van der Waals surface area (Å²) in [5.74, 6) is -2.87. The molecule has 34 heavy (non-hydrogen) atoms. The summed E-state index contributed by atoms with van der Waals surface area (Å²) in [6, 6.07) is -0.515. The Bertz CT molecular complexity index is 1370. The molecule has 0 aliphatic carbocycles. The first-order valence-electron chi connectivity index (χ1n) is 9.03. The van der Waals surface area contributed by atoms with Crippen molar-refractivity contribution >= 4 is 55.9 Å². The number of carbonyl (C=O) groups is 2. The number of nitrogens with two attached hydrogens (primary N) is 1. The molecule has 6 N–H and O–H groups in total. The minimum absolute atomic E-state index is 0.0270. The molecule has 2 aromatic rings. The van der Waals surface area contributed by atoms with Gasteiger partial charge in [-0.05, 0) is 13.8 Å². The van der Waals surface area contributed by atoms with Crippen LogP contribution in [0.4, 0.5) is 5.13 Å². The number of pyridine rings is 1. The second-order valence-electron chi connectivity index (χ2n) is 7.39. The molecule has 2 aromatic heterocycles. The normalized spacial score (nSPS) is 17.9. The molecule has 3 heterocycles. The minimum Gasteiger partial charge on any atom is -0.503 e. The summed E-state index contributed by atoms with van der Waals surface area (Å²) in [7, 11) is -4.86. The lowest BCUT2D eigenvalue weighted by Gasteiger charge is -2.50. The van der Waals surface area contributed by atoms with Crippen LogP contribution in [-0.4, -0.2) is 66.4 Å². The highest BCUT2D eigenvalue weighted by molar-refractivity contribution is 7.84. The number of thiazole rings is 1. The first-order valence-corrected chi connectivity index (χ1v) is 11.6. The third-order valence-corrected chi connectivity index (χ3v) is 6.88. The average Bonchev–Trinajstić information content (AvgIpc) is 3.03. The van der Waals surface area contributed by atoms with E-state index in [9.17, 15) is 37.7 Å². The van der Waals surface area contributed by atoms with E-state index < -0.39 is 57.2 Å². The molecule has 0 saturated carbocycles. The van der Waals surface area contributed by atoms with Crippen LogP contribution in [0.5, 0.6) is 5.75 Å². The molecule has 1 aliphatic heterocycles. The molecule has 0 unspecified atom stereocenters. The first kappa shape index (κ1) is 25.2. The van der Waals surface area contributed by atoms with Crippen LogP contribution >= 0.6 is 22.9 Å². The number of nitrogens with one attached hydrogen (secondary N) is 1. The number of β-lactam (4-membered cyclic amide) rings is 1. The molecule has 1 saturated heterocycles. The number of oxime groups is 1. The molecule has 18 heteroatoms. The van der Waals surface area contributed by atoms with Gasteiger partial charge in [0.1, 0.15) is 21.8 Å². The van der Waals surface area contributed by atoms with Crippen molar-refractivity contribution in [1.29, 1.82) is 0 Å². The number of aromatic nitrogens is 2. The highest BCUT2D eigenvalue weighted by atomic mass is 35.5. The van der Waals surface area contributed by atoms with Gasteiger partial charge in [-0.25, -0.2) is 9.29 Å². The molecule has 0 aromatic carbocycles. The van der Waals surface area contributed by atoms with Crippen LogP contribution in [0.2, 0.25) is 4.34 Å². The number of hydrogen-bond acceptors (Lipinski definition) is 12. The van der Waals surface area contributed by atoms with E-state index in [4.69, 9.17) is 22.2 Å². The smallest absolute Gasteiger partial charge is 0.362 e. The summed E-state index contributed by atoms with van der Waals surface area (Å²) in [5.41, 5.74) is 2.36. The van der Waals surface area contributed by atoms with E-state index in [2.05, 4.69) is 15.5 Å².